The highest BCUT2D eigenvalue weighted by molar-refractivity contribution is 5.75. The molecule has 4 nitrogen and oxygen atoms in total. The van der Waals surface area contributed by atoms with Crippen LogP contribution in [0.4, 0.5) is 0 Å². The van der Waals surface area contributed by atoms with Crippen LogP contribution in [0.2, 0.25) is 0 Å². The average Bonchev–Trinajstić information content (AvgIpc) is 2.53. The molecule has 0 saturated carbocycles. The molecule has 1 rings (SSSR count). The number of methoxy groups -OCH3 is 1. The summed E-state index contributed by atoms with van der Waals surface area (Å²) in [4.78, 5) is 10.9. The van der Waals surface area contributed by atoms with E-state index >= 15 is 0 Å². The smallest absolute Gasteiger partial charge is 0.323 e. The van der Waals surface area contributed by atoms with Crippen LogP contribution in [0.25, 0.3) is 0 Å². The van der Waals surface area contributed by atoms with E-state index in [0.717, 1.165) is 6.42 Å². The third-order valence-corrected chi connectivity index (χ3v) is 1.95. The van der Waals surface area contributed by atoms with Crippen molar-refractivity contribution < 1.29 is 14.3 Å². The molecular weight excluding hydrogens is 146 g/mol. The van der Waals surface area contributed by atoms with Gasteiger partial charge in [0.05, 0.1) is 13.7 Å². The fraction of sp³-hybridized carbons (Fsp3) is 0.857. The molecule has 4 heteroatoms. The second-order valence-corrected chi connectivity index (χ2v) is 2.67. The quantitative estimate of drug-likeness (QED) is 0.553. The predicted octanol–water partition coefficient (Wildman–Crippen LogP) is -0.477. The van der Waals surface area contributed by atoms with Crippen LogP contribution in [0.1, 0.15) is 6.42 Å². The summed E-state index contributed by atoms with van der Waals surface area (Å²) in [7, 11) is 1.35. The van der Waals surface area contributed by atoms with Crippen LogP contribution >= 0.6 is 0 Å². The normalized spacial score (nSPS) is 26.5. The van der Waals surface area contributed by atoms with Crippen molar-refractivity contribution >= 4 is 5.97 Å². The number of ether oxygens (including phenoxy) is 2. The summed E-state index contributed by atoms with van der Waals surface area (Å²) in [5.74, 6) is -0.206. The molecule has 0 radical (unpaired) electrons. The monoisotopic (exact) mass is 159 g/mol. The summed E-state index contributed by atoms with van der Waals surface area (Å²) < 4.78 is 9.59. The van der Waals surface area contributed by atoms with Gasteiger partial charge in [-0.1, -0.05) is 0 Å². The summed E-state index contributed by atoms with van der Waals surface area (Å²) in [5, 5.41) is 0. The Hall–Kier alpha value is -0.610. The molecule has 1 heterocycles. The van der Waals surface area contributed by atoms with Crippen LogP contribution in [0.15, 0.2) is 0 Å². The molecule has 11 heavy (non-hydrogen) atoms. The zero-order chi connectivity index (χ0) is 8.27. The van der Waals surface area contributed by atoms with Crippen LogP contribution in [0, 0.1) is 5.92 Å². The third kappa shape index (κ3) is 1.91. The molecule has 0 bridgehead atoms. The van der Waals surface area contributed by atoms with Gasteiger partial charge in [0.15, 0.2) is 0 Å². The highest BCUT2D eigenvalue weighted by Gasteiger charge is 2.28. The molecule has 2 atom stereocenters. The van der Waals surface area contributed by atoms with Gasteiger partial charge in [0, 0.05) is 12.5 Å². The van der Waals surface area contributed by atoms with Gasteiger partial charge in [0.2, 0.25) is 0 Å². The van der Waals surface area contributed by atoms with Crippen LogP contribution in [-0.2, 0) is 14.3 Å². The van der Waals surface area contributed by atoms with Crippen molar-refractivity contribution in [1.29, 1.82) is 0 Å². The maximum atomic E-state index is 10.9. The minimum Gasteiger partial charge on any atom is -0.468 e. The number of nitrogens with two attached hydrogens (primary N) is 1. The first-order chi connectivity index (χ1) is 5.25. The lowest BCUT2D eigenvalue weighted by molar-refractivity contribution is -0.143. The SMILES string of the molecule is COC(=O)[C@H](N)C1CCOC1. The van der Waals surface area contributed by atoms with E-state index in [1.54, 1.807) is 0 Å². The van der Waals surface area contributed by atoms with Crippen molar-refractivity contribution in [3.8, 4) is 0 Å². The van der Waals surface area contributed by atoms with Crippen LogP contribution in [0.5, 0.6) is 0 Å². The Bertz CT molecular complexity index is 143. The van der Waals surface area contributed by atoms with E-state index in [9.17, 15) is 4.79 Å². The van der Waals surface area contributed by atoms with Crippen LogP contribution in [0.3, 0.4) is 0 Å². The maximum Gasteiger partial charge on any atom is 0.323 e. The van der Waals surface area contributed by atoms with Gasteiger partial charge in [-0.3, -0.25) is 4.79 Å². The second-order valence-electron chi connectivity index (χ2n) is 2.67. The Morgan fingerprint density at radius 2 is 2.55 bits per heavy atom. The van der Waals surface area contributed by atoms with Crippen molar-refractivity contribution in [3.05, 3.63) is 0 Å². The van der Waals surface area contributed by atoms with Crippen molar-refractivity contribution in [2.75, 3.05) is 20.3 Å². The van der Waals surface area contributed by atoms with Crippen molar-refractivity contribution in [2.45, 2.75) is 12.5 Å². The Balaban J connectivity index is 2.39. The lowest BCUT2D eigenvalue weighted by Gasteiger charge is -2.13. The number of carbonyl (C=O) groups excluding carboxylic acids is 1. The number of esters is 1. The zero-order valence-electron chi connectivity index (χ0n) is 6.58. The van der Waals surface area contributed by atoms with Gasteiger partial charge < -0.3 is 15.2 Å². The van der Waals surface area contributed by atoms with Crippen molar-refractivity contribution in [3.63, 3.8) is 0 Å². The molecule has 0 aromatic carbocycles. The van der Waals surface area contributed by atoms with Gasteiger partial charge in [-0.2, -0.15) is 0 Å². The number of hydrogen-bond acceptors (Lipinski definition) is 4. The van der Waals surface area contributed by atoms with Crippen molar-refractivity contribution in [2.24, 2.45) is 11.7 Å². The summed E-state index contributed by atoms with van der Waals surface area (Å²) in [5.41, 5.74) is 5.58. The molecule has 64 valence electrons. The second kappa shape index (κ2) is 3.69. The van der Waals surface area contributed by atoms with E-state index in [0.29, 0.717) is 13.2 Å². The molecule has 1 saturated heterocycles. The summed E-state index contributed by atoms with van der Waals surface area (Å²) >= 11 is 0. The van der Waals surface area contributed by atoms with E-state index in [-0.39, 0.29) is 11.9 Å². The van der Waals surface area contributed by atoms with E-state index in [4.69, 9.17) is 10.5 Å². The topological polar surface area (TPSA) is 61.5 Å². The molecule has 1 unspecified atom stereocenters. The lowest BCUT2D eigenvalue weighted by Crippen LogP contribution is -2.39. The Kier molecular flexibility index (Phi) is 2.84. The maximum absolute atomic E-state index is 10.9. The first-order valence-electron chi connectivity index (χ1n) is 3.67. The van der Waals surface area contributed by atoms with Gasteiger partial charge in [-0.05, 0) is 6.42 Å². The summed E-state index contributed by atoms with van der Waals surface area (Å²) in [6, 6.07) is -0.512. The molecule has 1 aliphatic heterocycles. The Labute approximate surface area is 65.7 Å². The highest BCUT2D eigenvalue weighted by atomic mass is 16.5. The summed E-state index contributed by atoms with van der Waals surface area (Å²) in [6.07, 6.45) is 0.857. The summed E-state index contributed by atoms with van der Waals surface area (Å²) in [6.45, 7) is 1.28. The molecule has 0 aliphatic carbocycles. The minimum absolute atomic E-state index is 0.141. The highest BCUT2D eigenvalue weighted by Crippen LogP contribution is 2.15. The van der Waals surface area contributed by atoms with E-state index < -0.39 is 6.04 Å². The van der Waals surface area contributed by atoms with Gasteiger partial charge in [0.1, 0.15) is 6.04 Å². The third-order valence-electron chi connectivity index (χ3n) is 1.95. The molecule has 0 aromatic heterocycles. The van der Waals surface area contributed by atoms with Crippen molar-refractivity contribution in [1.82, 2.24) is 0 Å². The molecule has 0 aromatic rings. The number of rotatable bonds is 2. The largest absolute Gasteiger partial charge is 0.468 e. The number of carbonyl (C=O) groups is 1. The predicted molar refractivity (Wildman–Crippen MR) is 38.9 cm³/mol. The molecule has 2 N–H and O–H groups in total. The lowest BCUT2D eigenvalue weighted by atomic mass is 10.0. The fourth-order valence-corrected chi connectivity index (χ4v) is 1.16. The van der Waals surface area contributed by atoms with Gasteiger partial charge in [-0.15, -0.1) is 0 Å². The zero-order valence-corrected chi connectivity index (χ0v) is 6.58. The molecule has 1 fully saturated rings. The average molecular weight is 159 g/mol. The Morgan fingerprint density at radius 3 is 3.00 bits per heavy atom. The van der Waals surface area contributed by atoms with E-state index in [1.165, 1.54) is 7.11 Å². The van der Waals surface area contributed by atoms with E-state index in [1.807, 2.05) is 0 Å². The van der Waals surface area contributed by atoms with Gasteiger partial charge >= 0.3 is 5.97 Å². The Morgan fingerprint density at radius 1 is 1.82 bits per heavy atom. The van der Waals surface area contributed by atoms with Crippen LogP contribution < -0.4 is 5.73 Å². The van der Waals surface area contributed by atoms with Crippen LogP contribution in [-0.4, -0.2) is 32.3 Å². The first kappa shape index (κ1) is 8.49. The molecule has 0 amide bonds. The number of hydrogen-bond donors (Lipinski definition) is 1. The molecule has 1 aliphatic rings. The van der Waals surface area contributed by atoms with Gasteiger partial charge in [-0.25, -0.2) is 0 Å². The first-order valence-corrected chi connectivity index (χ1v) is 3.67. The standard InChI is InChI=1S/C7H13NO3/c1-10-7(9)6(8)5-2-3-11-4-5/h5-6H,2-4,8H2,1H3/t5?,6-/m1/s1. The van der Waals surface area contributed by atoms with E-state index in [2.05, 4.69) is 4.74 Å². The fourth-order valence-electron chi connectivity index (χ4n) is 1.16. The molecular formula is C7H13NO3. The van der Waals surface area contributed by atoms with Gasteiger partial charge in [0.25, 0.3) is 0 Å². The molecule has 0 spiro atoms. The minimum atomic E-state index is -0.512.